The highest BCUT2D eigenvalue weighted by molar-refractivity contribution is 4.97. The lowest BCUT2D eigenvalue weighted by Gasteiger charge is -2.19. The lowest BCUT2D eigenvalue weighted by Crippen LogP contribution is -2.27. The topological polar surface area (TPSA) is 29.3 Å². The Morgan fingerprint density at radius 1 is 1.58 bits per heavy atom. The van der Waals surface area contributed by atoms with Crippen LogP contribution in [0.2, 0.25) is 0 Å². The van der Waals surface area contributed by atoms with Crippen molar-refractivity contribution >= 4 is 0 Å². The summed E-state index contributed by atoms with van der Waals surface area (Å²) in [6.07, 6.45) is 8.25. The van der Waals surface area contributed by atoms with Gasteiger partial charge in [-0.05, 0) is 38.9 Å². The Morgan fingerprint density at radius 3 is 3.08 bits per heavy atom. The van der Waals surface area contributed by atoms with Gasteiger partial charge < -0.3 is 5.73 Å². The van der Waals surface area contributed by atoms with E-state index in [4.69, 9.17) is 5.73 Å². The van der Waals surface area contributed by atoms with Crippen molar-refractivity contribution < 1.29 is 0 Å². The van der Waals surface area contributed by atoms with E-state index in [1.54, 1.807) is 0 Å². The van der Waals surface area contributed by atoms with Gasteiger partial charge in [0.15, 0.2) is 0 Å². The molecule has 2 heteroatoms. The molecule has 0 saturated carbocycles. The zero-order chi connectivity index (χ0) is 8.81. The van der Waals surface area contributed by atoms with E-state index in [0.717, 1.165) is 13.0 Å². The summed E-state index contributed by atoms with van der Waals surface area (Å²) in [5.41, 5.74) is 5.42. The van der Waals surface area contributed by atoms with Gasteiger partial charge in [-0.3, -0.25) is 4.90 Å². The molecule has 2 N–H and O–H groups in total. The number of nitrogens with two attached hydrogens (primary N) is 1. The number of hydrogen-bond donors (Lipinski definition) is 1. The van der Waals surface area contributed by atoms with E-state index in [1.807, 2.05) is 0 Å². The number of nitrogens with zero attached hydrogens (tertiary/aromatic N) is 1. The van der Waals surface area contributed by atoms with Crippen LogP contribution < -0.4 is 5.73 Å². The second-order valence-electron chi connectivity index (χ2n) is 3.34. The van der Waals surface area contributed by atoms with E-state index in [9.17, 15) is 0 Å². The fourth-order valence-electron chi connectivity index (χ4n) is 1.81. The lowest BCUT2D eigenvalue weighted by molar-refractivity contribution is 0.306. The molecular weight excluding hydrogens is 148 g/mol. The first kappa shape index (κ1) is 9.75. The van der Waals surface area contributed by atoms with E-state index in [2.05, 4.69) is 24.0 Å². The molecule has 1 aliphatic heterocycles. The van der Waals surface area contributed by atoms with Gasteiger partial charge in [0, 0.05) is 6.04 Å². The zero-order valence-electron chi connectivity index (χ0n) is 8.00. The van der Waals surface area contributed by atoms with Crippen LogP contribution in [-0.4, -0.2) is 30.6 Å². The van der Waals surface area contributed by atoms with Gasteiger partial charge in [0.25, 0.3) is 0 Å². The largest absolute Gasteiger partial charge is 0.330 e. The molecule has 0 aromatic rings. The summed E-state index contributed by atoms with van der Waals surface area (Å²) in [6.45, 7) is 5.45. The second-order valence-corrected chi connectivity index (χ2v) is 3.34. The van der Waals surface area contributed by atoms with Crippen molar-refractivity contribution in [1.82, 2.24) is 4.90 Å². The van der Waals surface area contributed by atoms with Gasteiger partial charge >= 0.3 is 0 Å². The molecule has 70 valence electrons. The Bertz CT molecular complexity index is 143. The molecule has 1 rings (SSSR count). The molecule has 1 heterocycles. The normalized spacial score (nSPS) is 25.7. The van der Waals surface area contributed by atoms with E-state index in [-0.39, 0.29) is 0 Å². The molecule has 2 nitrogen and oxygen atoms in total. The smallest absolute Gasteiger partial charge is 0.0278 e. The van der Waals surface area contributed by atoms with Crippen molar-refractivity contribution in [1.29, 1.82) is 0 Å². The Kier molecular flexibility index (Phi) is 4.33. The minimum atomic E-state index is 0.696. The number of rotatable bonds is 4. The van der Waals surface area contributed by atoms with Crippen LogP contribution in [0.1, 0.15) is 26.2 Å². The van der Waals surface area contributed by atoms with Gasteiger partial charge in [-0.25, -0.2) is 0 Å². The molecule has 0 amide bonds. The van der Waals surface area contributed by atoms with Crippen molar-refractivity contribution in [2.45, 2.75) is 32.2 Å². The number of likely N-dealkylation sites (tertiary alicyclic amines) is 1. The first-order valence-corrected chi connectivity index (χ1v) is 4.99. The van der Waals surface area contributed by atoms with E-state index < -0.39 is 0 Å². The SMILES string of the molecule is CCN1CCCC1/C=C\CCN. The minimum Gasteiger partial charge on any atom is -0.330 e. The third-order valence-electron chi connectivity index (χ3n) is 2.51. The van der Waals surface area contributed by atoms with Gasteiger partial charge in [-0.15, -0.1) is 0 Å². The van der Waals surface area contributed by atoms with Gasteiger partial charge in [-0.2, -0.15) is 0 Å². The van der Waals surface area contributed by atoms with Gasteiger partial charge in [0.2, 0.25) is 0 Å². The molecule has 1 unspecified atom stereocenters. The molecule has 0 aromatic carbocycles. The summed E-state index contributed by atoms with van der Waals surface area (Å²) in [5.74, 6) is 0. The predicted octanol–water partition coefficient (Wildman–Crippen LogP) is 1.38. The summed E-state index contributed by atoms with van der Waals surface area (Å²) >= 11 is 0. The minimum absolute atomic E-state index is 0.696. The zero-order valence-corrected chi connectivity index (χ0v) is 8.00. The van der Waals surface area contributed by atoms with Crippen LogP contribution in [0.5, 0.6) is 0 Å². The molecule has 0 spiro atoms. The maximum absolute atomic E-state index is 5.42. The Hall–Kier alpha value is -0.340. The maximum Gasteiger partial charge on any atom is 0.0278 e. The highest BCUT2D eigenvalue weighted by Crippen LogP contribution is 2.17. The Balaban J connectivity index is 2.30. The van der Waals surface area contributed by atoms with E-state index in [0.29, 0.717) is 6.04 Å². The molecule has 0 aromatic heterocycles. The highest BCUT2D eigenvalue weighted by atomic mass is 15.2. The summed E-state index contributed by atoms with van der Waals surface area (Å²) in [5, 5.41) is 0. The molecule has 1 fully saturated rings. The first-order valence-electron chi connectivity index (χ1n) is 4.99. The monoisotopic (exact) mass is 168 g/mol. The van der Waals surface area contributed by atoms with Crippen molar-refractivity contribution in [3.05, 3.63) is 12.2 Å². The van der Waals surface area contributed by atoms with Gasteiger partial charge in [0.05, 0.1) is 0 Å². The van der Waals surface area contributed by atoms with Crippen LogP contribution >= 0.6 is 0 Å². The summed E-state index contributed by atoms with van der Waals surface area (Å²) in [4.78, 5) is 2.52. The average Bonchev–Trinajstić information content (AvgIpc) is 2.52. The number of likely N-dealkylation sites (N-methyl/N-ethyl adjacent to an activating group) is 1. The van der Waals surface area contributed by atoms with Crippen molar-refractivity contribution in [3.63, 3.8) is 0 Å². The molecular formula is C10H20N2. The Morgan fingerprint density at radius 2 is 2.42 bits per heavy atom. The van der Waals surface area contributed by atoms with Crippen LogP contribution in [0.25, 0.3) is 0 Å². The van der Waals surface area contributed by atoms with Crippen molar-refractivity contribution in [2.75, 3.05) is 19.6 Å². The third-order valence-corrected chi connectivity index (χ3v) is 2.51. The number of hydrogen-bond acceptors (Lipinski definition) is 2. The molecule has 0 radical (unpaired) electrons. The van der Waals surface area contributed by atoms with Gasteiger partial charge in [0.1, 0.15) is 0 Å². The standard InChI is InChI=1S/C10H20N2/c1-2-12-9-5-7-10(12)6-3-4-8-11/h3,6,10H,2,4-5,7-9,11H2,1H3/b6-3-. The van der Waals surface area contributed by atoms with Gasteiger partial charge in [-0.1, -0.05) is 19.1 Å². The lowest BCUT2D eigenvalue weighted by atomic mass is 10.2. The quantitative estimate of drug-likeness (QED) is 0.642. The van der Waals surface area contributed by atoms with Crippen LogP contribution in [-0.2, 0) is 0 Å². The van der Waals surface area contributed by atoms with Crippen LogP contribution in [0.3, 0.4) is 0 Å². The van der Waals surface area contributed by atoms with Crippen molar-refractivity contribution in [2.24, 2.45) is 5.73 Å². The average molecular weight is 168 g/mol. The molecule has 0 bridgehead atoms. The van der Waals surface area contributed by atoms with Crippen molar-refractivity contribution in [3.8, 4) is 0 Å². The first-order chi connectivity index (χ1) is 5.88. The van der Waals surface area contributed by atoms with Crippen LogP contribution in [0, 0.1) is 0 Å². The molecule has 0 aliphatic carbocycles. The summed E-state index contributed by atoms with van der Waals surface area (Å²) in [7, 11) is 0. The van der Waals surface area contributed by atoms with Crippen LogP contribution in [0.15, 0.2) is 12.2 Å². The fraction of sp³-hybridized carbons (Fsp3) is 0.800. The Labute approximate surface area is 75.4 Å². The second kappa shape index (κ2) is 5.33. The fourth-order valence-corrected chi connectivity index (χ4v) is 1.81. The van der Waals surface area contributed by atoms with E-state index >= 15 is 0 Å². The molecule has 1 saturated heterocycles. The molecule has 12 heavy (non-hydrogen) atoms. The highest BCUT2D eigenvalue weighted by Gasteiger charge is 2.19. The summed E-state index contributed by atoms with van der Waals surface area (Å²) < 4.78 is 0. The summed E-state index contributed by atoms with van der Waals surface area (Å²) in [6, 6.07) is 0.696. The molecule has 1 atom stereocenters. The van der Waals surface area contributed by atoms with E-state index in [1.165, 1.54) is 25.9 Å². The molecule has 1 aliphatic rings. The third kappa shape index (κ3) is 2.61. The van der Waals surface area contributed by atoms with Crippen LogP contribution in [0.4, 0.5) is 0 Å². The maximum atomic E-state index is 5.42. The predicted molar refractivity (Wildman–Crippen MR) is 53.1 cm³/mol.